The topological polar surface area (TPSA) is 115 Å². The van der Waals surface area contributed by atoms with Gasteiger partial charge in [0, 0.05) is 12.1 Å². The summed E-state index contributed by atoms with van der Waals surface area (Å²) in [4.78, 5) is 11.4. The molecule has 0 aromatic heterocycles. The fourth-order valence-electron chi connectivity index (χ4n) is 1.40. The highest BCUT2D eigenvalue weighted by Gasteiger charge is 2.05. The second-order valence-electron chi connectivity index (χ2n) is 3.94. The minimum Gasteiger partial charge on any atom is -0.330 e. The average molecular weight is 271 g/mol. The van der Waals surface area contributed by atoms with E-state index in [9.17, 15) is 13.2 Å². The molecular formula is C11H17N3O3S. The van der Waals surface area contributed by atoms with Gasteiger partial charge in [-0.3, -0.25) is 4.79 Å². The van der Waals surface area contributed by atoms with E-state index in [1.165, 1.54) is 0 Å². The number of hydrogen-bond acceptors (Lipinski definition) is 4. The summed E-state index contributed by atoms with van der Waals surface area (Å²) in [7, 11) is -3.53. The van der Waals surface area contributed by atoms with Crippen molar-refractivity contribution in [2.75, 3.05) is 11.9 Å². The summed E-state index contributed by atoms with van der Waals surface area (Å²) < 4.78 is 21.8. The summed E-state index contributed by atoms with van der Waals surface area (Å²) in [6, 6.07) is 6.51. The predicted octanol–water partition coefficient (Wildman–Crippen LogP) is 0.153. The Kier molecular flexibility index (Phi) is 5.26. The van der Waals surface area contributed by atoms with Crippen LogP contribution < -0.4 is 16.2 Å². The minimum absolute atomic E-state index is 0.111. The lowest BCUT2D eigenvalue weighted by Gasteiger charge is -2.05. The van der Waals surface area contributed by atoms with Crippen molar-refractivity contribution in [3.05, 3.63) is 29.8 Å². The summed E-state index contributed by atoms with van der Waals surface area (Å²) in [5, 5.41) is 7.62. The van der Waals surface area contributed by atoms with Crippen LogP contribution in [0.15, 0.2) is 24.3 Å². The van der Waals surface area contributed by atoms with Gasteiger partial charge in [0.15, 0.2) is 0 Å². The van der Waals surface area contributed by atoms with Crippen LogP contribution in [0.5, 0.6) is 0 Å². The molecule has 5 N–H and O–H groups in total. The molecule has 1 aromatic rings. The van der Waals surface area contributed by atoms with E-state index in [0.717, 1.165) is 0 Å². The molecule has 1 rings (SSSR count). The average Bonchev–Trinajstić information content (AvgIpc) is 2.27. The lowest BCUT2D eigenvalue weighted by Crippen LogP contribution is -2.15. The molecule has 0 atom stereocenters. The van der Waals surface area contributed by atoms with Crippen LogP contribution in [0.3, 0.4) is 0 Å². The Hall–Kier alpha value is -1.44. The third kappa shape index (κ3) is 5.76. The monoisotopic (exact) mass is 271 g/mol. The Bertz CT molecular complexity index is 497. The first-order chi connectivity index (χ1) is 8.40. The van der Waals surface area contributed by atoms with E-state index in [4.69, 9.17) is 10.9 Å². The van der Waals surface area contributed by atoms with Gasteiger partial charge >= 0.3 is 0 Å². The molecular weight excluding hydrogens is 254 g/mol. The van der Waals surface area contributed by atoms with Crippen molar-refractivity contribution in [2.24, 2.45) is 10.9 Å². The fourth-order valence-corrected chi connectivity index (χ4v) is 2.06. The second-order valence-corrected chi connectivity index (χ2v) is 5.56. The van der Waals surface area contributed by atoms with Crippen LogP contribution in [-0.4, -0.2) is 20.9 Å². The third-order valence-corrected chi connectivity index (χ3v) is 2.95. The Labute approximate surface area is 106 Å². The van der Waals surface area contributed by atoms with Crippen LogP contribution in [0.4, 0.5) is 5.69 Å². The molecule has 0 aliphatic heterocycles. The molecule has 0 fully saturated rings. The zero-order valence-corrected chi connectivity index (χ0v) is 10.7. The molecule has 0 spiro atoms. The molecule has 1 aromatic carbocycles. The van der Waals surface area contributed by atoms with Gasteiger partial charge in [-0.2, -0.15) is 0 Å². The Morgan fingerprint density at radius 2 is 1.83 bits per heavy atom. The number of hydrogen-bond donors (Lipinski definition) is 3. The fraction of sp³-hybridized carbons (Fsp3) is 0.364. The number of amides is 1. The van der Waals surface area contributed by atoms with E-state index >= 15 is 0 Å². The van der Waals surface area contributed by atoms with Crippen molar-refractivity contribution in [1.29, 1.82) is 0 Å². The molecule has 0 saturated heterocycles. The normalized spacial score (nSPS) is 11.2. The number of nitrogens with two attached hydrogens (primary N) is 2. The third-order valence-electron chi connectivity index (χ3n) is 2.21. The van der Waals surface area contributed by atoms with Gasteiger partial charge in [0.2, 0.25) is 15.9 Å². The zero-order valence-electron chi connectivity index (χ0n) is 9.93. The summed E-state index contributed by atoms with van der Waals surface area (Å²) >= 11 is 0. The molecule has 18 heavy (non-hydrogen) atoms. The largest absolute Gasteiger partial charge is 0.330 e. The first-order valence-corrected chi connectivity index (χ1v) is 7.21. The summed E-state index contributed by atoms with van der Waals surface area (Å²) in [5.74, 6) is -0.325. The molecule has 0 radical (unpaired) electrons. The molecule has 7 heteroatoms. The molecule has 0 saturated carbocycles. The van der Waals surface area contributed by atoms with E-state index in [2.05, 4.69) is 5.32 Å². The van der Waals surface area contributed by atoms with Crippen LogP contribution in [0, 0.1) is 0 Å². The summed E-state index contributed by atoms with van der Waals surface area (Å²) in [5.41, 5.74) is 6.50. The first kappa shape index (κ1) is 14.6. The van der Waals surface area contributed by atoms with Gasteiger partial charge in [0.25, 0.3) is 0 Å². The summed E-state index contributed by atoms with van der Waals surface area (Å²) in [6.07, 6.45) is 1.00. The number of primary sulfonamides is 1. The lowest BCUT2D eigenvalue weighted by atomic mass is 10.2. The van der Waals surface area contributed by atoms with Gasteiger partial charge in [-0.05, 0) is 30.7 Å². The molecule has 0 aliphatic carbocycles. The minimum atomic E-state index is -3.53. The van der Waals surface area contributed by atoms with E-state index in [1.54, 1.807) is 24.3 Å². The Balaban J connectivity index is 2.58. The van der Waals surface area contributed by atoms with Gasteiger partial charge in [0.1, 0.15) is 0 Å². The maximum atomic E-state index is 11.4. The number of anilines is 1. The maximum Gasteiger partial charge on any atom is 0.224 e. The van der Waals surface area contributed by atoms with Crippen LogP contribution in [0.1, 0.15) is 18.4 Å². The SMILES string of the molecule is NCCCC(=O)Nc1ccc(CS(N)(=O)=O)cc1. The van der Waals surface area contributed by atoms with Crippen molar-refractivity contribution >= 4 is 21.6 Å². The number of nitrogens with one attached hydrogen (secondary N) is 1. The summed E-state index contributed by atoms with van der Waals surface area (Å²) in [6.45, 7) is 0.473. The van der Waals surface area contributed by atoms with Crippen LogP contribution in [0.25, 0.3) is 0 Å². The molecule has 100 valence electrons. The Morgan fingerprint density at radius 3 is 2.33 bits per heavy atom. The predicted molar refractivity (Wildman–Crippen MR) is 70.2 cm³/mol. The smallest absolute Gasteiger partial charge is 0.224 e. The molecule has 0 unspecified atom stereocenters. The van der Waals surface area contributed by atoms with Crippen molar-refractivity contribution < 1.29 is 13.2 Å². The van der Waals surface area contributed by atoms with Gasteiger partial charge in [-0.25, -0.2) is 13.6 Å². The molecule has 0 bridgehead atoms. The van der Waals surface area contributed by atoms with Crippen LogP contribution >= 0.6 is 0 Å². The number of carbonyl (C=O) groups is 1. The van der Waals surface area contributed by atoms with E-state index in [-0.39, 0.29) is 11.7 Å². The maximum absolute atomic E-state index is 11.4. The van der Waals surface area contributed by atoms with E-state index in [1.807, 2.05) is 0 Å². The van der Waals surface area contributed by atoms with Gasteiger partial charge in [-0.15, -0.1) is 0 Å². The molecule has 0 heterocycles. The first-order valence-electron chi connectivity index (χ1n) is 5.50. The van der Waals surface area contributed by atoms with Gasteiger partial charge in [0.05, 0.1) is 5.75 Å². The van der Waals surface area contributed by atoms with Crippen LogP contribution in [-0.2, 0) is 20.6 Å². The number of rotatable bonds is 6. The van der Waals surface area contributed by atoms with Crippen molar-refractivity contribution in [3.8, 4) is 0 Å². The van der Waals surface area contributed by atoms with Crippen molar-refractivity contribution in [1.82, 2.24) is 0 Å². The standard InChI is InChI=1S/C11H17N3O3S/c12-7-1-2-11(15)14-10-5-3-9(4-6-10)8-18(13,16)17/h3-6H,1-2,7-8,12H2,(H,14,15)(H2,13,16,17). The van der Waals surface area contributed by atoms with Crippen molar-refractivity contribution in [2.45, 2.75) is 18.6 Å². The van der Waals surface area contributed by atoms with Gasteiger partial charge in [-0.1, -0.05) is 12.1 Å². The zero-order chi connectivity index (χ0) is 13.6. The molecule has 0 aliphatic rings. The van der Waals surface area contributed by atoms with Crippen molar-refractivity contribution in [3.63, 3.8) is 0 Å². The lowest BCUT2D eigenvalue weighted by molar-refractivity contribution is -0.116. The van der Waals surface area contributed by atoms with Crippen LogP contribution in [0.2, 0.25) is 0 Å². The highest BCUT2D eigenvalue weighted by Crippen LogP contribution is 2.11. The highest BCUT2D eigenvalue weighted by atomic mass is 32.2. The van der Waals surface area contributed by atoms with E-state index < -0.39 is 10.0 Å². The number of carbonyl (C=O) groups excluding carboxylic acids is 1. The Morgan fingerprint density at radius 1 is 1.22 bits per heavy atom. The highest BCUT2D eigenvalue weighted by molar-refractivity contribution is 7.88. The quantitative estimate of drug-likeness (QED) is 0.683. The molecule has 6 nitrogen and oxygen atoms in total. The number of benzene rings is 1. The molecule has 1 amide bonds. The van der Waals surface area contributed by atoms with E-state index in [0.29, 0.717) is 30.6 Å². The second kappa shape index (κ2) is 6.48. The number of sulfonamides is 1. The van der Waals surface area contributed by atoms with Gasteiger partial charge < -0.3 is 11.1 Å².